The van der Waals surface area contributed by atoms with Crippen LogP contribution in [0.4, 0.5) is 0 Å². The summed E-state index contributed by atoms with van der Waals surface area (Å²) in [5.74, 6) is 0.759. The average Bonchev–Trinajstić information content (AvgIpc) is 2.75. The first-order valence-electron chi connectivity index (χ1n) is 9.52. The van der Waals surface area contributed by atoms with Gasteiger partial charge in [-0.1, -0.05) is 68.4 Å². The van der Waals surface area contributed by atoms with E-state index < -0.39 is 0 Å². The first-order chi connectivity index (χ1) is 15.7. The third kappa shape index (κ3) is 5.36. The van der Waals surface area contributed by atoms with E-state index >= 15 is 0 Å². The summed E-state index contributed by atoms with van der Waals surface area (Å²) in [6, 6.07) is 13.7. The highest BCUT2D eigenvalue weighted by atomic mass is 79.9. The fraction of sp³-hybridized carbons (Fsp3) is 0.0870. The van der Waals surface area contributed by atoms with Crippen LogP contribution in [0.15, 0.2) is 62.9 Å². The lowest BCUT2D eigenvalue weighted by molar-refractivity contribution is 0.306. The van der Waals surface area contributed by atoms with Gasteiger partial charge in [-0.3, -0.25) is 4.79 Å². The molecule has 0 spiro atoms. The van der Waals surface area contributed by atoms with Crippen LogP contribution in [-0.2, 0) is 6.61 Å². The summed E-state index contributed by atoms with van der Waals surface area (Å²) in [6.07, 6.45) is 1.48. The van der Waals surface area contributed by atoms with Crippen molar-refractivity contribution in [2.24, 2.45) is 5.10 Å². The lowest BCUT2D eigenvalue weighted by Crippen LogP contribution is -2.20. The Labute approximate surface area is 217 Å². The van der Waals surface area contributed by atoms with Gasteiger partial charge in [0, 0.05) is 20.1 Å². The maximum Gasteiger partial charge on any atom is 0.282 e. The molecule has 0 aliphatic carbocycles. The van der Waals surface area contributed by atoms with E-state index in [1.54, 1.807) is 49.4 Å². The van der Waals surface area contributed by atoms with E-state index in [0.717, 1.165) is 10.0 Å². The van der Waals surface area contributed by atoms with Crippen LogP contribution >= 0.6 is 62.3 Å². The number of hydrogen-bond donors (Lipinski definition) is 0. The molecule has 0 aliphatic rings. The molecule has 0 atom stereocenters. The van der Waals surface area contributed by atoms with Crippen molar-refractivity contribution in [3.8, 4) is 5.75 Å². The van der Waals surface area contributed by atoms with E-state index in [2.05, 4.69) is 26.0 Å². The molecule has 0 fully saturated rings. The van der Waals surface area contributed by atoms with Crippen molar-refractivity contribution in [1.29, 1.82) is 0 Å². The second-order valence-electron chi connectivity index (χ2n) is 7.02. The van der Waals surface area contributed by atoms with Gasteiger partial charge in [-0.2, -0.15) is 9.78 Å². The van der Waals surface area contributed by atoms with E-state index in [9.17, 15) is 4.79 Å². The SMILES string of the molecule is Cc1nc2ccc(Br)cc2c(=O)n1N=Cc1cc(Cl)c(OCc2ccc(Cl)cc2Cl)c(Cl)c1. The van der Waals surface area contributed by atoms with Crippen molar-refractivity contribution in [1.82, 2.24) is 9.66 Å². The van der Waals surface area contributed by atoms with Crippen molar-refractivity contribution in [2.45, 2.75) is 13.5 Å². The zero-order valence-electron chi connectivity index (χ0n) is 17.0. The predicted octanol–water partition coefficient (Wildman–Crippen LogP) is 7.54. The summed E-state index contributed by atoms with van der Waals surface area (Å²) >= 11 is 28.3. The summed E-state index contributed by atoms with van der Waals surface area (Å²) in [5, 5.41) is 6.34. The quantitative estimate of drug-likeness (QED) is 0.227. The number of ether oxygens (including phenoxy) is 1. The molecular weight excluding hydrogens is 572 g/mol. The molecular formula is C23H14BrCl4N3O2. The number of fused-ring (bicyclic) bond motifs is 1. The Hall–Kier alpha value is -2.09. The maximum atomic E-state index is 12.9. The van der Waals surface area contributed by atoms with Gasteiger partial charge in [-0.15, -0.1) is 0 Å². The van der Waals surface area contributed by atoms with Crippen LogP contribution in [0, 0.1) is 6.92 Å². The van der Waals surface area contributed by atoms with Gasteiger partial charge in [0.15, 0.2) is 5.75 Å². The molecule has 0 radical (unpaired) electrons. The van der Waals surface area contributed by atoms with Crippen LogP contribution in [0.3, 0.4) is 0 Å². The normalized spacial score (nSPS) is 11.5. The van der Waals surface area contributed by atoms with Crippen molar-refractivity contribution in [3.63, 3.8) is 0 Å². The predicted molar refractivity (Wildman–Crippen MR) is 139 cm³/mol. The molecule has 33 heavy (non-hydrogen) atoms. The summed E-state index contributed by atoms with van der Waals surface area (Å²) in [7, 11) is 0. The minimum atomic E-state index is -0.285. The van der Waals surface area contributed by atoms with Gasteiger partial charge in [0.25, 0.3) is 5.56 Å². The van der Waals surface area contributed by atoms with Crippen molar-refractivity contribution >= 4 is 79.5 Å². The zero-order chi connectivity index (χ0) is 23.7. The standard InChI is InChI=1S/C23H14BrCl4N3O2/c1-12-30-21-5-3-15(24)8-17(21)23(32)31(12)29-10-13-6-19(27)22(20(28)7-13)33-11-14-2-4-16(25)9-18(14)26/h2-10H,11H2,1H3. The topological polar surface area (TPSA) is 56.5 Å². The second kappa shape index (κ2) is 10.0. The van der Waals surface area contributed by atoms with E-state index in [-0.39, 0.29) is 12.2 Å². The fourth-order valence-corrected chi connectivity index (χ4v) is 4.54. The van der Waals surface area contributed by atoms with Gasteiger partial charge in [0.1, 0.15) is 12.4 Å². The molecule has 0 saturated carbocycles. The van der Waals surface area contributed by atoms with Crippen LogP contribution < -0.4 is 10.3 Å². The van der Waals surface area contributed by atoms with E-state index in [1.165, 1.54) is 10.9 Å². The maximum absolute atomic E-state index is 12.9. The average molecular weight is 586 g/mol. The zero-order valence-corrected chi connectivity index (χ0v) is 21.6. The van der Waals surface area contributed by atoms with Gasteiger partial charge >= 0.3 is 0 Å². The van der Waals surface area contributed by atoms with Gasteiger partial charge < -0.3 is 4.74 Å². The van der Waals surface area contributed by atoms with Crippen LogP contribution in [0.2, 0.25) is 20.1 Å². The molecule has 5 nitrogen and oxygen atoms in total. The third-order valence-electron chi connectivity index (χ3n) is 4.70. The Morgan fingerprint density at radius 2 is 1.76 bits per heavy atom. The monoisotopic (exact) mass is 583 g/mol. The molecule has 1 aromatic heterocycles. The lowest BCUT2D eigenvalue weighted by Gasteiger charge is -2.12. The Balaban J connectivity index is 1.60. The Morgan fingerprint density at radius 3 is 2.45 bits per heavy atom. The highest BCUT2D eigenvalue weighted by Gasteiger charge is 2.12. The molecule has 0 unspecified atom stereocenters. The minimum absolute atomic E-state index is 0.162. The van der Waals surface area contributed by atoms with Gasteiger partial charge in [-0.05, 0) is 55.0 Å². The van der Waals surface area contributed by atoms with Crippen molar-refractivity contribution < 1.29 is 4.74 Å². The largest absolute Gasteiger partial charge is 0.486 e. The Bertz CT molecular complexity index is 1450. The molecule has 0 aliphatic heterocycles. The van der Waals surface area contributed by atoms with E-state index in [4.69, 9.17) is 51.1 Å². The molecule has 168 valence electrons. The van der Waals surface area contributed by atoms with Gasteiger partial charge in [0.05, 0.1) is 27.2 Å². The van der Waals surface area contributed by atoms with Crippen molar-refractivity contribution in [3.05, 3.63) is 100 Å². The molecule has 0 N–H and O–H groups in total. The number of halogens is 5. The van der Waals surface area contributed by atoms with E-state index in [0.29, 0.717) is 48.1 Å². The first-order valence-corrected chi connectivity index (χ1v) is 11.8. The molecule has 0 saturated heterocycles. The fourth-order valence-electron chi connectivity index (χ4n) is 3.10. The van der Waals surface area contributed by atoms with Crippen LogP contribution in [0.5, 0.6) is 5.75 Å². The van der Waals surface area contributed by atoms with Crippen LogP contribution in [-0.4, -0.2) is 15.9 Å². The first kappa shape index (κ1) is 24.0. The Kier molecular flexibility index (Phi) is 7.31. The highest BCUT2D eigenvalue weighted by molar-refractivity contribution is 9.10. The van der Waals surface area contributed by atoms with Crippen molar-refractivity contribution in [2.75, 3.05) is 0 Å². The lowest BCUT2D eigenvalue weighted by atomic mass is 10.2. The number of rotatable bonds is 5. The number of nitrogens with zero attached hydrogens (tertiary/aromatic N) is 3. The third-order valence-corrected chi connectivity index (χ3v) is 6.34. The molecule has 3 aromatic carbocycles. The number of hydrogen-bond acceptors (Lipinski definition) is 4. The summed E-state index contributed by atoms with van der Waals surface area (Å²) in [4.78, 5) is 17.3. The van der Waals surface area contributed by atoms with Crippen LogP contribution in [0.1, 0.15) is 17.0 Å². The van der Waals surface area contributed by atoms with Gasteiger partial charge in [-0.25, -0.2) is 4.98 Å². The molecule has 10 heteroatoms. The number of aryl methyl sites for hydroxylation is 1. The summed E-state index contributed by atoms with van der Waals surface area (Å²) in [5.41, 5.74) is 1.64. The van der Waals surface area contributed by atoms with Crippen LogP contribution in [0.25, 0.3) is 10.9 Å². The van der Waals surface area contributed by atoms with E-state index in [1.807, 2.05) is 6.07 Å². The summed E-state index contributed by atoms with van der Waals surface area (Å²) in [6.45, 7) is 1.87. The molecule has 4 rings (SSSR count). The molecule has 0 amide bonds. The molecule has 1 heterocycles. The molecule has 0 bridgehead atoms. The number of benzene rings is 3. The highest BCUT2D eigenvalue weighted by Crippen LogP contribution is 2.35. The van der Waals surface area contributed by atoms with Gasteiger partial charge in [0.2, 0.25) is 0 Å². The minimum Gasteiger partial charge on any atom is -0.486 e. The number of aromatic nitrogens is 2. The molecule has 4 aromatic rings. The summed E-state index contributed by atoms with van der Waals surface area (Å²) < 4.78 is 7.79. The second-order valence-corrected chi connectivity index (χ2v) is 9.59. The Morgan fingerprint density at radius 1 is 1.03 bits per heavy atom. The smallest absolute Gasteiger partial charge is 0.282 e.